The molecule has 164 valence electrons. The number of fused-ring (bicyclic) bond motifs is 5. The van der Waals surface area contributed by atoms with Crippen molar-refractivity contribution in [1.82, 2.24) is 0 Å². The molecule has 3 fully saturated rings. The summed E-state index contributed by atoms with van der Waals surface area (Å²) in [5, 5.41) is 0. The molecule has 4 aliphatic rings. The van der Waals surface area contributed by atoms with Gasteiger partial charge in [0, 0.05) is 4.47 Å². The van der Waals surface area contributed by atoms with Crippen molar-refractivity contribution < 1.29 is 12.6 Å². The van der Waals surface area contributed by atoms with Gasteiger partial charge in [0.15, 0.2) is 0 Å². The topological polar surface area (TPSA) is 43.4 Å². The normalized spacial score (nSPS) is 40.8. The third kappa shape index (κ3) is 3.26. The van der Waals surface area contributed by atoms with Gasteiger partial charge in [-0.1, -0.05) is 41.4 Å². The molecule has 6 atom stereocenters. The van der Waals surface area contributed by atoms with Crippen molar-refractivity contribution in [2.45, 2.75) is 82.6 Å². The lowest BCUT2D eigenvalue weighted by Gasteiger charge is -2.58. The van der Waals surface area contributed by atoms with Crippen LogP contribution in [0.3, 0.4) is 0 Å². The molecule has 0 amide bonds. The molecule has 5 rings (SSSR count). The highest BCUT2D eigenvalue weighted by Gasteiger charge is 2.59. The zero-order valence-electron chi connectivity index (χ0n) is 18.1. The second-order valence-electron chi connectivity index (χ2n) is 10.6. The van der Waals surface area contributed by atoms with E-state index >= 15 is 0 Å². The van der Waals surface area contributed by atoms with Crippen LogP contribution in [0.15, 0.2) is 45.3 Å². The summed E-state index contributed by atoms with van der Waals surface area (Å²) in [5.74, 6) is 2.06. The molecule has 1 aromatic rings. The first-order valence-electron chi connectivity index (χ1n) is 11.6. The summed E-state index contributed by atoms with van der Waals surface area (Å²) in [6.07, 6.45) is 13.0. The van der Waals surface area contributed by atoms with Gasteiger partial charge in [0.25, 0.3) is 10.1 Å². The van der Waals surface area contributed by atoms with Crippen molar-refractivity contribution in [2.75, 3.05) is 0 Å². The molecular weight excluding hydrogens is 460 g/mol. The highest BCUT2D eigenvalue weighted by molar-refractivity contribution is 9.10. The monoisotopic (exact) mass is 492 g/mol. The highest BCUT2D eigenvalue weighted by Crippen LogP contribution is 2.65. The van der Waals surface area contributed by atoms with Crippen LogP contribution < -0.4 is 0 Å². The van der Waals surface area contributed by atoms with Gasteiger partial charge in [-0.2, -0.15) is 8.42 Å². The Labute approximate surface area is 189 Å². The lowest BCUT2D eigenvalue weighted by molar-refractivity contribution is -0.0661. The van der Waals surface area contributed by atoms with E-state index in [0.717, 1.165) is 29.7 Å². The molecule has 4 aliphatic carbocycles. The minimum absolute atomic E-state index is 0.0319. The van der Waals surface area contributed by atoms with E-state index < -0.39 is 10.1 Å². The van der Waals surface area contributed by atoms with E-state index in [4.69, 9.17) is 4.18 Å². The summed E-state index contributed by atoms with van der Waals surface area (Å²) in [4.78, 5) is 0.258. The summed E-state index contributed by atoms with van der Waals surface area (Å²) in [6, 6.07) is 6.78. The molecule has 0 bridgehead atoms. The molecule has 1 aromatic carbocycles. The van der Waals surface area contributed by atoms with E-state index in [-0.39, 0.29) is 16.4 Å². The molecule has 0 saturated heterocycles. The summed E-state index contributed by atoms with van der Waals surface area (Å²) in [6.45, 7) is 4.84. The van der Waals surface area contributed by atoms with E-state index in [2.05, 4.69) is 35.9 Å². The first-order valence-corrected chi connectivity index (χ1v) is 13.8. The fourth-order valence-electron chi connectivity index (χ4n) is 7.67. The standard InChI is InChI=1S/C25H33BrO3S/c1-24-15-4-3-5-17(24)6-11-20-21-12-13-23(25(21,2)16-14-22(20)24)29-30(27,28)19-9-7-18(26)8-10-19/h5,7-10,20-23H,3-4,6,11-16H2,1-2H3. The fraction of sp³-hybridized carbons (Fsp3) is 0.680. The number of halogens is 1. The Morgan fingerprint density at radius 3 is 2.53 bits per heavy atom. The maximum Gasteiger partial charge on any atom is 0.297 e. The first kappa shape index (κ1) is 21.2. The Hall–Kier alpha value is -0.650. The molecule has 0 N–H and O–H groups in total. The van der Waals surface area contributed by atoms with Gasteiger partial charge in [-0.3, -0.25) is 4.18 Å². The molecule has 30 heavy (non-hydrogen) atoms. The zero-order valence-corrected chi connectivity index (χ0v) is 20.5. The summed E-state index contributed by atoms with van der Waals surface area (Å²) < 4.78 is 32.8. The van der Waals surface area contributed by atoms with Crippen LogP contribution in [0.4, 0.5) is 0 Å². The lowest BCUT2D eigenvalue weighted by Crippen LogP contribution is -2.51. The van der Waals surface area contributed by atoms with Gasteiger partial charge in [0.2, 0.25) is 0 Å². The van der Waals surface area contributed by atoms with Crippen LogP contribution in [0.5, 0.6) is 0 Å². The molecule has 6 unspecified atom stereocenters. The van der Waals surface area contributed by atoms with Crippen molar-refractivity contribution in [3.8, 4) is 0 Å². The van der Waals surface area contributed by atoms with E-state index in [1.54, 1.807) is 29.8 Å². The molecular formula is C25H33BrO3S. The Balaban J connectivity index is 1.38. The van der Waals surface area contributed by atoms with Crippen LogP contribution in [0.2, 0.25) is 0 Å². The molecule has 3 saturated carbocycles. The van der Waals surface area contributed by atoms with E-state index in [0.29, 0.717) is 17.3 Å². The smallest absolute Gasteiger partial charge is 0.262 e. The van der Waals surface area contributed by atoms with Crippen LogP contribution in [0, 0.1) is 28.6 Å². The summed E-state index contributed by atoms with van der Waals surface area (Å²) in [7, 11) is -3.74. The largest absolute Gasteiger partial charge is 0.297 e. The average molecular weight is 494 g/mol. The second-order valence-corrected chi connectivity index (χ2v) is 13.1. The maximum atomic E-state index is 13.0. The van der Waals surface area contributed by atoms with Crippen molar-refractivity contribution in [2.24, 2.45) is 28.6 Å². The third-order valence-electron chi connectivity index (χ3n) is 9.29. The van der Waals surface area contributed by atoms with Gasteiger partial charge in [-0.15, -0.1) is 0 Å². The average Bonchev–Trinajstić information content (AvgIpc) is 3.03. The quantitative estimate of drug-likeness (QED) is 0.341. The number of hydrogen-bond donors (Lipinski definition) is 0. The second kappa shape index (κ2) is 7.45. The van der Waals surface area contributed by atoms with Gasteiger partial charge in [-0.25, -0.2) is 0 Å². The molecule has 0 aromatic heterocycles. The minimum Gasteiger partial charge on any atom is -0.262 e. The van der Waals surface area contributed by atoms with Crippen molar-refractivity contribution in [3.05, 3.63) is 40.4 Å². The van der Waals surface area contributed by atoms with Crippen LogP contribution in [-0.2, 0) is 14.3 Å². The van der Waals surface area contributed by atoms with Crippen molar-refractivity contribution >= 4 is 26.0 Å². The van der Waals surface area contributed by atoms with E-state index in [1.807, 2.05) is 0 Å². The molecule has 0 aliphatic heterocycles. The van der Waals surface area contributed by atoms with Crippen molar-refractivity contribution in [1.29, 1.82) is 0 Å². The Morgan fingerprint density at radius 1 is 1.00 bits per heavy atom. The number of hydrogen-bond acceptors (Lipinski definition) is 3. The Morgan fingerprint density at radius 2 is 1.77 bits per heavy atom. The number of allylic oxidation sites excluding steroid dienone is 2. The molecule has 5 heteroatoms. The zero-order chi connectivity index (χ0) is 21.1. The van der Waals surface area contributed by atoms with Gasteiger partial charge < -0.3 is 0 Å². The maximum absolute atomic E-state index is 13.0. The van der Waals surface area contributed by atoms with Gasteiger partial charge in [0.1, 0.15) is 0 Å². The molecule has 3 nitrogen and oxygen atoms in total. The van der Waals surface area contributed by atoms with Gasteiger partial charge in [-0.05, 0) is 111 Å². The summed E-state index contributed by atoms with van der Waals surface area (Å²) in [5.41, 5.74) is 2.07. The fourth-order valence-corrected chi connectivity index (χ4v) is 9.14. The highest BCUT2D eigenvalue weighted by atomic mass is 79.9. The SMILES string of the molecule is CC12CCCC=C1CCC1C2CCC2(C)C(OS(=O)(=O)c3ccc(Br)cc3)CCC12. The van der Waals surface area contributed by atoms with Gasteiger partial charge in [0.05, 0.1) is 11.0 Å². The Kier molecular flexibility index (Phi) is 5.27. The van der Waals surface area contributed by atoms with E-state index in [9.17, 15) is 8.42 Å². The first-order chi connectivity index (χ1) is 14.2. The van der Waals surface area contributed by atoms with E-state index in [1.165, 1.54) is 38.5 Å². The lowest BCUT2D eigenvalue weighted by atomic mass is 9.47. The van der Waals surface area contributed by atoms with Crippen LogP contribution in [-0.4, -0.2) is 14.5 Å². The minimum atomic E-state index is -3.74. The van der Waals surface area contributed by atoms with Gasteiger partial charge >= 0.3 is 0 Å². The Bertz CT molecular complexity index is 953. The number of rotatable bonds is 3. The summed E-state index contributed by atoms with van der Waals surface area (Å²) >= 11 is 3.38. The predicted molar refractivity (Wildman–Crippen MR) is 123 cm³/mol. The van der Waals surface area contributed by atoms with Crippen LogP contribution in [0.1, 0.15) is 71.6 Å². The van der Waals surface area contributed by atoms with Crippen LogP contribution in [0.25, 0.3) is 0 Å². The number of benzene rings is 1. The van der Waals surface area contributed by atoms with Crippen LogP contribution >= 0.6 is 15.9 Å². The molecule has 0 spiro atoms. The van der Waals surface area contributed by atoms with Crippen molar-refractivity contribution in [3.63, 3.8) is 0 Å². The third-order valence-corrected chi connectivity index (χ3v) is 11.1. The predicted octanol–water partition coefficient (Wildman–Crippen LogP) is 6.88. The molecule has 0 heterocycles. The molecule has 0 radical (unpaired) electrons.